The lowest BCUT2D eigenvalue weighted by atomic mass is 9.97. The van der Waals surface area contributed by atoms with E-state index in [-0.39, 0.29) is 37.8 Å². The van der Waals surface area contributed by atoms with E-state index in [4.69, 9.17) is 26.8 Å². The second kappa shape index (κ2) is 8.15. The van der Waals surface area contributed by atoms with Crippen molar-refractivity contribution in [1.29, 1.82) is 0 Å². The molecule has 0 saturated carbocycles. The summed E-state index contributed by atoms with van der Waals surface area (Å²) in [7, 11) is 1.68. The summed E-state index contributed by atoms with van der Waals surface area (Å²) in [4.78, 5) is 26.0. The largest absolute Gasteiger partial charge is 0.490 e. The molecule has 0 bridgehead atoms. The lowest BCUT2D eigenvalue weighted by Crippen LogP contribution is -2.58. The molecule has 28 heavy (non-hydrogen) atoms. The van der Waals surface area contributed by atoms with Crippen LogP contribution < -0.4 is 10.5 Å². The van der Waals surface area contributed by atoms with E-state index in [9.17, 15) is 9.59 Å². The van der Waals surface area contributed by atoms with Gasteiger partial charge in [0.15, 0.2) is 5.69 Å². The first-order chi connectivity index (χ1) is 13.3. The highest BCUT2D eigenvalue weighted by atomic mass is 35.5. The Balaban J connectivity index is 1.76. The van der Waals surface area contributed by atoms with Crippen LogP contribution in [0.4, 0.5) is 0 Å². The minimum atomic E-state index is -1.05. The standard InChI is InChI=1S/C18H22ClN5O4/c1-12-7-13(3-4-14(12)19)27-11-18(8-16(20)25)10-24(5-6-28-18)17(26)15-9-23(2)22-21-15/h3-4,7,9H,5-6,8,10-11H2,1-2H3,(H2,20,25)/t18-/m1/s1. The molecule has 150 valence electrons. The third-order valence-electron chi connectivity index (χ3n) is 4.49. The van der Waals surface area contributed by atoms with E-state index in [0.717, 1.165) is 5.56 Å². The molecule has 1 aromatic carbocycles. The first kappa shape index (κ1) is 20.1. The summed E-state index contributed by atoms with van der Waals surface area (Å²) in [6.07, 6.45) is 1.46. The van der Waals surface area contributed by atoms with Gasteiger partial charge in [-0.15, -0.1) is 5.10 Å². The van der Waals surface area contributed by atoms with Gasteiger partial charge >= 0.3 is 0 Å². The number of primary amides is 1. The van der Waals surface area contributed by atoms with Crippen molar-refractivity contribution in [2.24, 2.45) is 12.8 Å². The van der Waals surface area contributed by atoms with Crippen LogP contribution in [0.2, 0.25) is 5.02 Å². The van der Waals surface area contributed by atoms with Gasteiger partial charge in [0.05, 0.1) is 25.8 Å². The van der Waals surface area contributed by atoms with Gasteiger partial charge in [0.25, 0.3) is 5.91 Å². The number of halogens is 1. The van der Waals surface area contributed by atoms with Crippen LogP contribution in [-0.4, -0.2) is 63.6 Å². The maximum Gasteiger partial charge on any atom is 0.276 e. The van der Waals surface area contributed by atoms with Crippen LogP contribution in [0.25, 0.3) is 0 Å². The third kappa shape index (κ3) is 4.60. The molecule has 1 fully saturated rings. The number of morpholine rings is 1. The van der Waals surface area contributed by atoms with Crippen LogP contribution in [0.5, 0.6) is 5.75 Å². The number of carbonyl (C=O) groups is 2. The summed E-state index contributed by atoms with van der Waals surface area (Å²) in [5, 5.41) is 8.28. The van der Waals surface area contributed by atoms with Crippen molar-refractivity contribution in [1.82, 2.24) is 19.9 Å². The first-order valence-electron chi connectivity index (χ1n) is 8.75. The van der Waals surface area contributed by atoms with E-state index in [1.54, 1.807) is 36.3 Å². The maximum absolute atomic E-state index is 12.7. The zero-order valence-electron chi connectivity index (χ0n) is 15.7. The predicted molar refractivity (Wildman–Crippen MR) is 101 cm³/mol. The number of ether oxygens (including phenoxy) is 2. The molecule has 0 aliphatic carbocycles. The van der Waals surface area contributed by atoms with Crippen LogP contribution in [0, 0.1) is 6.92 Å². The topological polar surface area (TPSA) is 113 Å². The fourth-order valence-electron chi connectivity index (χ4n) is 3.11. The number of amides is 2. The van der Waals surface area contributed by atoms with Crippen LogP contribution in [0.15, 0.2) is 24.4 Å². The minimum Gasteiger partial charge on any atom is -0.490 e. The second-order valence-corrected chi connectivity index (χ2v) is 7.29. The van der Waals surface area contributed by atoms with Crippen LogP contribution >= 0.6 is 11.6 Å². The van der Waals surface area contributed by atoms with Gasteiger partial charge in [-0.25, -0.2) is 0 Å². The molecule has 2 aromatic rings. The summed E-state index contributed by atoms with van der Waals surface area (Å²) in [6, 6.07) is 5.27. The molecule has 2 heterocycles. The molecule has 9 nitrogen and oxygen atoms in total. The van der Waals surface area contributed by atoms with Gasteiger partial charge in [0.1, 0.15) is 18.0 Å². The molecule has 1 saturated heterocycles. The highest BCUT2D eigenvalue weighted by Gasteiger charge is 2.41. The lowest BCUT2D eigenvalue weighted by Gasteiger charge is -2.41. The van der Waals surface area contributed by atoms with Crippen molar-refractivity contribution in [2.45, 2.75) is 18.9 Å². The number of carbonyl (C=O) groups excluding carboxylic acids is 2. The predicted octanol–water partition coefficient (Wildman–Crippen LogP) is 0.943. The van der Waals surface area contributed by atoms with E-state index in [1.165, 1.54) is 4.68 Å². The van der Waals surface area contributed by atoms with E-state index in [2.05, 4.69) is 10.3 Å². The smallest absolute Gasteiger partial charge is 0.276 e. The van der Waals surface area contributed by atoms with Crippen molar-refractivity contribution in [3.63, 3.8) is 0 Å². The highest BCUT2D eigenvalue weighted by molar-refractivity contribution is 6.31. The first-order valence-corrected chi connectivity index (χ1v) is 9.13. The lowest BCUT2D eigenvalue weighted by molar-refractivity contribution is -0.142. The van der Waals surface area contributed by atoms with Crippen molar-refractivity contribution >= 4 is 23.4 Å². The third-order valence-corrected chi connectivity index (χ3v) is 4.91. The SMILES string of the molecule is Cc1cc(OC[C@@]2(CC(N)=O)CN(C(=O)c3cn(C)nn3)CCO2)ccc1Cl. The minimum absolute atomic E-state index is 0.0568. The van der Waals surface area contributed by atoms with Gasteiger partial charge in [-0.3, -0.25) is 14.3 Å². The summed E-state index contributed by atoms with van der Waals surface area (Å²) in [6.45, 7) is 2.70. The number of hydrogen-bond donors (Lipinski definition) is 1. The van der Waals surface area contributed by atoms with Gasteiger partial charge in [-0.2, -0.15) is 0 Å². The number of nitrogens with zero attached hydrogens (tertiary/aromatic N) is 4. The number of aryl methyl sites for hydroxylation is 2. The van der Waals surface area contributed by atoms with E-state index in [0.29, 0.717) is 17.3 Å². The van der Waals surface area contributed by atoms with Gasteiger partial charge in [0.2, 0.25) is 5.91 Å². The fourth-order valence-corrected chi connectivity index (χ4v) is 3.23. The summed E-state index contributed by atoms with van der Waals surface area (Å²) < 4.78 is 13.2. The number of hydrogen-bond acceptors (Lipinski definition) is 6. The van der Waals surface area contributed by atoms with E-state index >= 15 is 0 Å². The van der Waals surface area contributed by atoms with Crippen molar-refractivity contribution < 1.29 is 19.1 Å². The van der Waals surface area contributed by atoms with E-state index < -0.39 is 11.5 Å². The molecular formula is C18H22ClN5O4. The summed E-state index contributed by atoms with van der Waals surface area (Å²) in [5.41, 5.74) is 5.49. The molecule has 1 atom stereocenters. The molecule has 10 heteroatoms. The molecule has 1 aliphatic heterocycles. The summed E-state index contributed by atoms with van der Waals surface area (Å²) >= 11 is 6.04. The van der Waals surface area contributed by atoms with Gasteiger partial charge in [-0.05, 0) is 30.7 Å². The number of nitrogens with two attached hydrogens (primary N) is 1. The number of rotatable bonds is 6. The second-order valence-electron chi connectivity index (χ2n) is 6.88. The Morgan fingerprint density at radius 2 is 2.21 bits per heavy atom. The van der Waals surface area contributed by atoms with Crippen LogP contribution in [-0.2, 0) is 16.6 Å². The van der Waals surface area contributed by atoms with Gasteiger partial charge in [0, 0.05) is 18.6 Å². The van der Waals surface area contributed by atoms with Crippen molar-refractivity contribution in [3.8, 4) is 5.75 Å². The average molecular weight is 408 g/mol. The Labute approximate surface area is 167 Å². The molecule has 0 spiro atoms. The van der Waals surface area contributed by atoms with Crippen LogP contribution in [0.1, 0.15) is 22.5 Å². The number of aromatic nitrogens is 3. The Morgan fingerprint density at radius 1 is 1.43 bits per heavy atom. The molecule has 1 aromatic heterocycles. The summed E-state index contributed by atoms with van der Waals surface area (Å²) in [5.74, 6) is -0.232. The molecular weight excluding hydrogens is 386 g/mol. The fraction of sp³-hybridized carbons (Fsp3) is 0.444. The molecule has 3 rings (SSSR count). The number of benzene rings is 1. The molecule has 0 radical (unpaired) electrons. The molecule has 2 N–H and O–H groups in total. The van der Waals surface area contributed by atoms with Gasteiger partial charge in [-0.1, -0.05) is 16.8 Å². The van der Waals surface area contributed by atoms with E-state index in [1.807, 2.05) is 6.92 Å². The van der Waals surface area contributed by atoms with Crippen LogP contribution in [0.3, 0.4) is 0 Å². The zero-order valence-corrected chi connectivity index (χ0v) is 16.5. The quantitative estimate of drug-likeness (QED) is 0.762. The normalized spacial score (nSPS) is 19.5. The Kier molecular flexibility index (Phi) is 5.85. The Bertz CT molecular complexity index is 887. The van der Waals surface area contributed by atoms with Crippen molar-refractivity contribution in [2.75, 3.05) is 26.3 Å². The molecule has 0 unspecified atom stereocenters. The zero-order chi connectivity index (χ0) is 20.3. The maximum atomic E-state index is 12.7. The average Bonchev–Trinajstić information content (AvgIpc) is 3.08. The molecule has 2 amide bonds. The Hall–Kier alpha value is -2.65. The Morgan fingerprint density at radius 3 is 2.86 bits per heavy atom. The van der Waals surface area contributed by atoms with Gasteiger partial charge < -0.3 is 20.1 Å². The highest BCUT2D eigenvalue weighted by Crippen LogP contribution is 2.26. The molecule has 1 aliphatic rings. The monoisotopic (exact) mass is 407 g/mol. The van der Waals surface area contributed by atoms with Crippen molar-refractivity contribution in [3.05, 3.63) is 40.7 Å².